The van der Waals surface area contributed by atoms with Crippen LogP contribution in [0.3, 0.4) is 0 Å². The molecule has 114 valence electrons. The number of nitrogens with zero attached hydrogens (tertiary/aromatic N) is 3. The van der Waals surface area contributed by atoms with Gasteiger partial charge in [-0.25, -0.2) is 13.5 Å². The van der Waals surface area contributed by atoms with E-state index in [9.17, 15) is 13.2 Å². The van der Waals surface area contributed by atoms with E-state index in [-0.39, 0.29) is 29.7 Å². The van der Waals surface area contributed by atoms with Crippen molar-refractivity contribution in [2.45, 2.75) is 18.0 Å². The zero-order chi connectivity index (χ0) is 15.5. The summed E-state index contributed by atoms with van der Waals surface area (Å²) in [5.41, 5.74) is 0. The van der Waals surface area contributed by atoms with E-state index in [4.69, 9.17) is 0 Å². The highest BCUT2D eigenvalue weighted by Gasteiger charge is 2.20. The highest BCUT2D eigenvalue weighted by molar-refractivity contribution is 7.91. The van der Waals surface area contributed by atoms with Crippen molar-refractivity contribution in [1.29, 1.82) is 0 Å². The van der Waals surface area contributed by atoms with E-state index >= 15 is 0 Å². The second kappa shape index (κ2) is 6.35. The molecule has 0 saturated heterocycles. The molecule has 0 unspecified atom stereocenters. The van der Waals surface area contributed by atoms with Gasteiger partial charge in [-0.1, -0.05) is 6.07 Å². The van der Waals surface area contributed by atoms with Crippen LogP contribution in [0, 0.1) is 0 Å². The van der Waals surface area contributed by atoms with Crippen molar-refractivity contribution in [3.8, 4) is 10.7 Å². The second-order valence-corrected chi connectivity index (χ2v) is 7.62. The molecule has 0 aliphatic heterocycles. The molecule has 9 heteroatoms. The van der Waals surface area contributed by atoms with Crippen molar-refractivity contribution in [3.63, 3.8) is 0 Å². The number of hydrogen-bond donors (Lipinski definition) is 1. The molecule has 0 aliphatic carbocycles. The number of sulfone groups is 1. The summed E-state index contributed by atoms with van der Waals surface area (Å²) < 4.78 is 24.2. The van der Waals surface area contributed by atoms with E-state index in [2.05, 4.69) is 15.2 Å². The fourth-order valence-electron chi connectivity index (χ4n) is 1.64. The molecular weight excluding hydrogens is 312 g/mol. The molecule has 1 N–H and O–H groups in total. The van der Waals surface area contributed by atoms with Crippen molar-refractivity contribution in [2.75, 3.05) is 19.8 Å². The SMILES string of the molecule is CN(C)C(=O)CCCS(=O)(=O)c1nc(-c2cccs2)n[nH]1. The third kappa shape index (κ3) is 3.88. The summed E-state index contributed by atoms with van der Waals surface area (Å²) in [5, 5.41) is 8.09. The lowest BCUT2D eigenvalue weighted by molar-refractivity contribution is -0.128. The molecule has 0 aromatic carbocycles. The largest absolute Gasteiger partial charge is 0.349 e. The fourth-order valence-corrected chi connectivity index (χ4v) is 3.42. The van der Waals surface area contributed by atoms with Crippen molar-refractivity contribution >= 4 is 27.1 Å². The maximum Gasteiger partial charge on any atom is 0.243 e. The van der Waals surface area contributed by atoms with Gasteiger partial charge in [0.15, 0.2) is 5.82 Å². The first-order valence-electron chi connectivity index (χ1n) is 6.29. The zero-order valence-electron chi connectivity index (χ0n) is 11.7. The van der Waals surface area contributed by atoms with Crippen LogP contribution in [0.1, 0.15) is 12.8 Å². The molecule has 0 saturated carbocycles. The van der Waals surface area contributed by atoms with Crippen LogP contribution in [0.15, 0.2) is 22.7 Å². The minimum Gasteiger partial charge on any atom is -0.349 e. The van der Waals surface area contributed by atoms with Crippen molar-refractivity contribution < 1.29 is 13.2 Å². The third-order valence-electron chi connectivity index (χ3n) is 2.80. The molecule has 0 spiro atoms. The van der Waals surface area contributed by atoms with Crippen LogP contribution in [-0.2, 0) is 14.6 Å². The number of rotatable bonds is 6. The summed E-state index contributed by atoms with van der Waals surface area (Å²) in [6, 6.07) is 3.66. The average Bonchev–Trinajstić information content (AvgIpc) is 3.09. The van der Waals surface area contributed by atoms with E-state index in [0.717, 1.165) is 4.88 Å². The van der Waals surface area contributed by atoms with E-state index in [1.54, 1.807) is 14.1 Å². The lowest BCUT2D eigenvalue weighted by atomic mass is 10.3. The number of aromatic nitrogens is 3. The molecule has 0 fully saturated rings. The number of nitrogens with one attached hydrogen (secondary N) is 1. The molecule has 0 aliphatic rings. The number of amides is 1. The van der Waals surface area contributed by atoms with Crippen molar-refractivity contribution in [1.82, 2.24) is 20.1 Å². The van der Waals surface area contributed by atoms with Gasteiger partial charge in [0.25, 0.3) is 0 Å². The Morgan fingerprint density at radius 3 is 2.81 bits per heavy atom. The Kier molecular flexibility index (Phi) is 4.73. The molecule has 0 atom stereocenters. The van der Waals surface area contributed by atoms with Gasteiger partial charge < -0.3 is 4.90 Å². The lowest BCUT2D eigenvalue weighted by Crippen LogP contribution is -2.22. The van der Waals surface area contributed by atoms with Crippen LogP contribution in [0.5, 0.6) is 0 Å². The second-order valence-electron chi connectivity index (χ2n) is 4.65. The van der Waals surface area contributed by atoms with Gasteiger partial charge in [-0.2, -0.15) is 10.1 Å². The molecular formula is C12H16N4O3S2. The van der Waals surface area contributed by atoms with Crippen LogP contribution in [0.4, 0.5) is 0 Å². The molecule has 2 aromatic rings. The molecule has 2 heterocycles. The summed E-state index contributed by atoms with van der Waals surface area (Å²) in [7, 11) is -0.268. The summed E-state index contributed by atoms with van der Waals surface area (Å²) in [5.74, 6) is 0.140. The number of aromatic amines is 1. The molecule has 2 rings (SSSR count). The van der Waals surface area contributed by atoms with Gasteiger partial charge in [-0.05, 0) is 17.9 Å². The van der Waals surface area contributed by atoms with Crippen LogP contribution in [-0.4, -0.2) is 54.3 Å². The number of thiophene rings is 1. The van der Waals surface area contributed by atoms with Gasteiger partial charge in [0.05, 0.1) is 10.6 Å². The topological polar surface area (TPSA) is 96.0 Å². The minimum absolute atomic E-state index is 0.0953. The summed E-state index contributed by atoms with van der Waals surface area (Å²) in [6.45, 7) is 0. The van der Waals surface area contributed by atoms with Crippen LogP contribution >= 0.6 is 11.3 Å². The van der Waals surface area contributed by atoms with Crippen LogP contribution in [0.25, 0.3) is 10.7 Å². The fraction of sp³-hybridized carbons (Fsp3) is 0.417. The molecule has 21 heavy (non-hydrogen) atoms. The van der Waals surface area contributed by atoms with Gasteiger partial charge >= 0.3 is 0 Å². The summed E-state index contributed by atoms with van der Waals surface area (Å²) in [6.07, 6.45) is 0.451. The molecule has 7 nitrogen and oxygen atoms in total. The lowest BCUT2D eigenvalue weighted by Gasteiger charge is -2.09. The van der Waals surface area contributed by atoms with Gasteiger partial charge in [0, 0.05) is 20.5 Å². The Hall–Kier alpha value is -1.74. The third-order valence-corrected chi connectivity index (χ3v) is 5.27. The smallest absolute Gasteiger partial charge is 0.243 e. The number of hydrogen-bond acceptors (Lipinski definition) is 6. The van der Waals surface area contributed by atoms with Gasteiger partial charge in [-0.3, -0.25) is 4.79 Å². The summed E-state index contributed by atoms with van der Waals surface area (Å²) in [4.78, 5) is 17.7. The Labute approximate surface area is 126 Å². The monoisotopic (exact) mass is 328 g/mol. The van der Waals surface area contributed by atoms with Crippen LogP contribution < -0.4 is 0 Å². The maximum atomic E-state index is 12.1. The van der Waals surface area contributed by atoms with Crippen molar-refractivity contribution in [3.05, 3.63) is 17.5 Å². The zero-order valence-corrected chi connectivity index (χ0v) is 13.4. The first-order chi connectivity index (χ1) is 9.90. The average molecular weight is 328 g/mol. The Morgan fingerprint density at radius 2 is 2.19 bits per heavy atom. The van der Waals surface area contributed by atoms with Crippen molar-refractivity contribution in [2.24, 2.45) is 0 Å². The van der Waals surface area contributed by atoms with E-state index in [0.29, 0.717) is 5.82 Å². The maximum absolute atomic E-state index is 12.1. The Balaban J connectivity index is 2.02. The number of H-pyrrole nitrogens is 1. The van der Waals surface area contributed by atoms with E-state index < -0.39 is 9.84 Å². The predicted molar refractivity (Wildman–Crippen MR) is 79.7 cm³/mol. The Bertz CT molecular complexity index is 705. The molecule has 2 aromatic heterocycles. The highest BCUT2D eigenvalue weighted by atomic mass is 32.2. The van der Waals surface area contributed by atoms with E-state index in [1.165, 1.54) is 16.2 Å². The summed E-state index contributed by atoms with van der Waals surface area (Å²) >= 11 is 1.43. The van der Waals surface area contributed by atoms with Gasteiger partial charge in [0.1, 0.15) is 0 Å². The number of carbonyl (C=O) groups excluding carboxylic acids is 1. The first kappa shape index (κ1) is 15.6. The Morgan fingerprint density at radius 1 is 1.43 bits per heavy atom. The predicted octanol–water partition coefficient (Wildman–Crippen LogP) is 1.18. The quantitative estimate of drug-likeness (QED) is 0.859. The standard InChI is InChI=1S/C12H16N4O3S2/c1-16(2)10(17)6-4-8-21(18,19)12-13-11(14-15-12)9-5-3-7-20-9/h3,5,7H,4,6,8H2,1-2H3,(H,13,14,15). The van der Waals surface area contributed by atoms with Crippen LogP contribution in [0.2, 0.25) is 0 Å². The number of carbonyl (C=O) groups is 1. The van der Waals surface area contributed by atoms with Gasteiger partial charge in [0.2, 0.25) is 20.9 Å². The first-order valence-corrected chi connectivity index (χ1v) is 8.82. The molecule has 1 amide bonds. The van der Waals surface area contributed by atoms with Gasteiger partial charge in [-0.15, -0.1) is 11.3 Å². The normalized spacial score (nSPS) is 11.5. The molecule has 0 bridgehead atoms. The molecule has 0 radical (unpaired) electrons. The highest BCUT2D eigenvalue weighted by Crippen LogP contribution is 2.21. The van der Waals surface area contributed by atoms with E-state index in [1.807, 2.05) is 17.5 Å². The minimum atomic E-state index is -3.55.